The summed E-state index contributed by atoms with van der Waals surface area (Å²) < 4.78 is 0. The lowest BCUT2D eigenvalue weighted by Gasteiger charge is -2.39. The molecule has 0 bridgehead atoms. The molecule has 1 amide bonds. The Bertz CT molecular complexity index is 464. The second-order valence-electron chi connectivity index (χ2n) is 5.52. The molecule has 0 radical (unpaired) electrons. The van der Waals surface area contributed by atoms with Gasteiger partial charge in [-0.3, -0.25) is 4.79 Å². The van der Waals surface area contributed by atoms with Crippen LogP contribution in [0.4, 0.5) is 0 Å². The highest BCUT2D eigenvalue weighted by Gasteiger charge is 2.35. The third-order valence-corrected chi connectivity index (χ3v) is 4.14. The predicted molar refractivity (Wildman–Crippen MR) is 68.3 cm³/mol. The average molecular weight is 229 g/mol. The van der Waals surface area contributed by atoms with Gasteiger partial charge in [-0.15, -0.1) is 0 Å². The Morgan fingerprint density at radius 2 is 2.18 bits per heavy atom. The minimum absolute atomic E-state index is 0.231. The highest BCUT2D eigenvalue weighted by Crippen LogP contribution is 2.38. The van der Waals surface area contributed by atoms with Gasteiger partial charge in [-0.25, -0.2) is 0 Å². The van der Waals surface area contributed by atoms with Gasteiger partial charge in [0, 0.05) is 24.1 Å². The largest absolute Gasteiger partial charge is 0.336 e. The number of carbonyl (C=O) groups excluding carboxylic acids is 1. The highest BCUT2D eigenvalue weighted by atomic mass is 16.2. The number of carbonyl (C=O) groups is 1. The van der Waals surface area contributed by atoms with Crippen LogP contribution in [-0.4, -0.2) is 23.4 Å². The van der Waals surface area contributed by atoms with Gasteiger partial charge in [-0.2, -0.15) is 0 Å². The van der Waals surface area contributed by atoms with E-state index in [0.717, 1.165) is 18.5 Å². The minimum atomic E-state index is 0.231. The van der Waals surface area contributed by atoms with Crippen molar-refractivity contribution in [3.8, 4) is 0 Å². The third-order valence-electron chi connectivity index (χ3n) is 4.14. The molecule has 1 aromatic carbocycles. The molecule has 1 atom stereocenters. The molecule has 2 nitrogen and oxygen atoms in total. The summed E-state index contributed by atoms with van der Waals surface area (Å²) in [4.78, 5) is 14.5. The highest BCUT2D eigenvalue weighted by molar-refractivity contribution is 5.97. The van der Waals surface area contributed by atoms with Crippen LogP contribution in [0, 0.1) is 0 Å². The number of amides is 1. The molecule has 1 aliphatic carbocycles. The van der Waals surface area contributed by atoms with Crippen LogP contribution in [0.5, 0.6) is 0 Å². The maximum atomic E-state index is 12.4. The van der Waals surface area contributed by atoms with Gasteiger partial charge in [-0.1, -0.05) is 12.1 Å². The molecule has 0 saturated carbocycles. The molecule has 0 aromatic heterocycles. The van der Waals surface area contributed by atoms with Crippen molar-refractivity contribution in [1.82, 2.24) is 4.90 Å². The van der Waals surface area contributed by atoms with Crippen LogP contribution >= 0.6 is 0 Å². The first-order valence-corrected chi connectivity index (χ1v) is 6.61. The summed E-state index contributed by atoms with van der Waals surface area (Å²) in [6, 6.07) is 6.55. The van der Waals surface area contributed by atoms with Gasteiger partial charge in [0.2, 0.25) is 0 Å². The normalized spacial score (nSPS) is 22.9. The minimum Gasteiger partial charge on any atom is -0.336 e. The van der Waals surface area contributed by atoms with Gasteiger partial charge in [0.25, 0.3) is 5.91 Å². The second kappa shape index (κ2) is 3.86. The summed E-state index contributed by atoms with van der Waals surface area (Å²) in [6.45, 7) is 5.13. The quantitative estimate of drug-likeness (QED) is 0.725. The maximum Gasteiger partial charge on any atom is 0.254 e. The van der Waals surface area contributed by atoms with Crippen LogP contribution in [-0.2, 0) is 6.42 Å². The fraction of sp³-hybridized carbons (Fsp3) is 0.533. The summed E-state index contributed by atoms with van der Waals surface area (Å²) in [5, 5.41) is 0. The zero-order valence-corrected chi connectivity index (χ0v) is 10.6. The number of nitrogens with zero attached hydrogens (tertiary/aromatic N) is 1. The van der Waals surface area contributed by atoms with E-state index in [1.807, 2.05) is 17.0 Å². The Morgan fingerprint density at radius 1 is 1.35 bits per heavy atom. The molecule has 90 valence electrons. The van der Waals surface area contributed by atoms with Crippen molar-refractivity contribution in [3.63, 3.8) is 0 Å². The van der Waals surface area contributed by atoms with Crippen molar-refractivity contribution in [2.24, 2.45) is 0 Å². The van der Waals surface area contributed by atoms with Crippen LogP contribution in [0.25, 0.3) is 0 Å². The summed E-state index contributed by atoms with van der Waals surface area (Å²) in [5.74, 6) is 0.810. The van der Waals surface area contributed by atoms with E-state index in [2.05, 4.69) is 19.9 Å². The first-order chi connectivity index (χ1) is 8.18. The topological polar surface area (TPSA) is 20.3 Å². The number of benzene rings is 1. The van der Waals surface area contributed by atoms with E-state index in [1.54, 1.807) is 0 Å². The number of hydrogen-bond acceptors (Lipinski definition) is 1. The van der Waals surface area contributed by atoms with Crippen LogP contribution in [0.2, 0.25) is 0 Å². The molecule has 1 aliphatic heterocycles. The molecule has 0 unspecified atom stereocenters. The molecule has 1 heterocycles. The van der Waals surface area contributed by atoms with Crippen molar-refractivity contribution in [2.75, 3.05) is 6.54 Å². The van der Waals surface area contributed by atoms with Gasteiger partial charge < -0.3 is 4.90 Å². The van der Waals surface area contributed by atoms with Crippen LogP contribution in [0.3, 0.4) is 0 Å². The molecule has 2 heteroatoms. The average Bonchev–Trinajstić information content (AvgIpc) is 2.33. The second-order valence-corrected chi connectivity index (χ2v) is 5.52. The SMILES string of the molecule is CC(C)N1C[C@H]2CCCc3cccc(c32)C1=O. The zero-order chi connectivity index (χ0) is 12.0. The van der Waals surface area contributed by atoms with Crippen molar-refractivity contribution >= 4 is 5.91 Å². The molecule has 2 aliphatic rings. The lowest BCUT2D eigenvalue weighted by molar-refractivity contribution is 0.0659. The molecule has 0 fully saturated rings. The van der Waals surface area contributed by atoms with Crippen molar-refractivity contribution in [2.45, 2.75) is 45.1 Å². The molecular weight excluding hydrogens is 210 g/mol. The maximum absolute atomic E-state index is 12.4. The van der Waals surface area contributed by atoms with Gasteiger partial charge in [0.1, 0.15) is 0 Å². The Hall–Kier alpha value is -1.31. The monoisotopic (exact) mass is 229 g/mol. The third kappa shape index (κ3) is 1.58. The molecule has 0 spiro atoms. The number of hydrogen-bond donors (Lipinski definition) is 0. The van der Waals surface area contributed by atoms with E-state index in [1.165, 1.54) is 24.0 Å². The lowest BCUT2D eigenvalue weighted by atomic mass is 9.77. The fourth-order valence-corrected chi connectivity index (χ4v) is 3.29. The van der Waals surface area contributed by atoms with Crippen LogP contribution in [0.15, 0.2) is 18.2 Å². The molecule has 17 heavy (non-hydrogen) atoms. The summed E-state index contributed by atoms with van der Waals surface area (Å²) >= 11 is 0. The molecule has 1 aromatic rings. The smallest absolute Gasteiger partial charge is 0.254 e. The zero-order valence-electron chi connectivity index (χ0n) is 10.6. The Morgan fingerprint density at radius 3 is 2.94 bits per heavy atom. The van der Waals surface area contributed by atoms with Gasteiger partial charge in [0.15, 0.2) is 0 Å². The van der Waals surface area contributed by atoms with E-state index in [9.17, 15) is 4.79 Å². The van der Waals surface area contributed by atoms with Crippen LogP contribution < -0.4 is 0 Å². The summed E-state index contributed by atoms with van der Waals surface area (Å²) in [6.07, 6.45) is 3.65. The van der Waals surface area contributed by atoms with Crippen molar-refractivity contribution in [3.05, 3.63) is 34.9 Å². The number of rotatable bonds is 1. The standard InChI is InChI=1S/C15H19NO/c1-10(2)16-9-12-7-3-5-11-6-4-8-13(14(11)12)15(16)17/h4,6,8,10,12H,3,5,7,9H2,1-2H3/t12-/m1/s1. The van der Waals surface area contributed by atoms with E-state index < -0.39 is 0 Å². The summed E-state index contributed by atoms with van der Waals surface area (Å²) in [5.41, 5.74) is 3.74. The number of aryl methyl sites for hydroxylation is 1. The van der Waals surface area contributed by atoms with Gasteiger partial charge >= 0.3 is 0 Å². The van der Waals surface area contributed by atoms with Gasteiger partial charge in [-0.05, 0) is 50.3 Å². The molecule has 0 N–H and O–H groups in total. The Balaban J connectivity index is 2.12. The predicted octanol–water partition coefficient (Wildman–Crippen LogP) is 2.97. The van der Waals surface area contributed by atoms with E-state index >= 15 is 0 Å². The van der Waals surface area contributed by atoms with Crippen molar-refractivity contribution in [1.29, 1.82) is 0 Å². The molecule has 3 rings (SSSR count). The van der Waals surface area contributed by atoms with Crippen molar-refractivity contribution < 1.29 is 4.79 Å². The van der Waals surface area contributed by atoms with Gasteiger partial charge in [0.05, 0.1) is 0 Å². The van der Waals surface area contributed by atoms with E-state index in [4.69, 9.17) is 0 Å². The molecular formula is C15H19NO. The first kappa shape index (κ1) is 10.8. The van der Waals surface area contributed by atoms with Crippen LogP contribution in [0.1, 0.15) is 54.1 Å². The fourth-order valence-electron chi connectivity index (χ4n) is 3.29. The molecule has 0 saturated heterocycles. The Labute approximate surface area is 103 Å². The van der Waals surface area contributed by atoms with E-state index in [0.29, 0.717) is 12.0 Å². The lowest BCUT2D eigenvalue weighted by Crippen LogP contribution is -2.45. The van der Waals surface area contributed by atoms with E-state index in [-0.39, 0.29) is 5.91 Å². The Kier molecular flexibility index (Phi) is 2.46. The summed E-state index contributed by atoms with van der Waals surface area (Å²) in [7, 11) is 0. The first-order valence-electron chi connectivity index (χ1n) is 6.61.